The number of nitrogens with two attached hydrogens (primary N) is 1. The van der Waals surface area contributed by atoms with Gasteiger partial charge in [-0.3, -0.25) is 9.97 Å². The SMILES string of the molecule is Cc1cc([C@H](C)Nc2nccc(C[C@H](COC(N)=O)[C@H](C)F)n2)ncc1-c1ccnc(C(F)(F)F)c1. The largest absolute Gasteiger partial charge is 0.449 e. The number of alkyl halides is 4. The molecule has 0 aliphatic heterocycles. The maximum absolute atomic E-state index is 13.9. The Labute approximate surface area is 205 Å². The molecule has 0 radical (unpaired) electrons. The Hall–Kier alpha value is -3.83. The van der Waals surface area contributed by atoms with Gasteiger partial charge in [0.05, 0.1) is 18.3 Å². The van der Waals surface area contributed by atoms with Gasteiger partial charge in [0.2, 0.25) is 5.95 Å². The molecule has 3 N–H and O–H groups in total. The summed E-state index contributed by atoms with van der Waals surface area (Å²) in [5.74, 6) is -0.339. The molecule has 0 unspecified atom stereocenters. The fraction of sp³-hybridized carbons (Fsp3) is 0.375. The molecule has 1 amide bonds. The van der Waals surface area contributed by atoms with Crippen molar-refractivity contribution in [3.8, 4) is 11.1 Å². The van der Waals surface area contributed by atoms with E-state index in [0.29, 0.717) is 22.5 Å². The zero-order valence-corrected chi connectivity index (χ0v) is 19.9. The summed E-state index contributed by atoms with van der Waals surface area (Å²) in [6, 6.07) is 5.55. The van der Waals surface area contributed by atoms with Crippen molar-refractivity contribution in [2.45, 2.75) is 45.6 Å². The van der Waals surface area contributed by atoms with Gasteiger partial charge in [0.1, 0.15) is 11.9 Å². The van der Waals surface area contributed by atoms with Crippen LogP contribution in [0.5, 0.6) is 0 Å². The van der Waals surface area contributed by atoms with Crippen LogP contribution in [0.4, 0.5) is 28.3 Å². The van der Waals surface area contributed by atoms with E-state index in [9.17, 15) is 22.4 Å². The van der Waals surface area contributed by atoms with Crippen molar-refractivity contribution >= 4 is 12.0 Å². The molecule has 0 aliphatic rings. The second kappa shape index (κ2) is 11.3. The molecule has 192 valence electrons. The number of hydrogen-bond acceptors (Lipinski definition) is 7. The second-order valence-corrected chi connectivity index (χ2v) is 8.36. The number of aryl methyl sites for hydroxylation is 1. The minimum absolute atomic E-state index is 0.173. The highest BCUT2D eigenvalue weighted by molar-refractivity contribution is 5.66. The molecule has 3 aromatic heterocycles. The number of ether oxygens (including phenoxy) is 1. The predicted octanol–water partition coefficient (Wildman–Crippen LogP) is 5.05. The fourth-order valence-electron chi connectivity index (χ4n) is 3.53. The maximum Gasteiger partial charge on any atom is 0.433 e. The van der Waals surface area contributed by atoms with Gasteiger partial charge in [0.25, 0.3) is 0 Å². The predicted molar refractivity (Wildman–Crippen MR) is 125 cm³/mol. The van der Waals surface area contributed by atoms with Crippen molar-refractivity contribution in [1.29, 1.82) is 0 Å². The zero-order valence-electron chi connectivity index (χ0n) is 19.9. The van der Waals surface area contributed by atoms with Crippen LogP contribution in [0, 0.1) is 12.8 Å². The lowest BCUT2D eigenvalue weighted by Gasteiger charge is -2.18. The van der Waals surface area contributed by atoms with E-state index in [1.54, 1.807) is 19.1 Å². The molecular weight excluding hydrogens is 480 g/mol. The van der Waals surface area contributed by atoms with Gasteiger partial charge in [-0.25, -0.2) is 19.2 Å². The standard InChI is InChI=1S/C24H26F4N6O2/c1-13-8-20(32-11-19(13)16-4-6-30-21(10-16)24(26,27)28)15(3)33-23-31-7-5-18(34-23)9-17(14(2)25)12-36-22(29)35/h4-8,10-11,14-15,17H,9,12H2,1-3H3,(H2,29,35)(H,31,33,34)/t14-,15-,17+/m0/s1. The third-order valence-corrected chi connectivity index (χ3v) is 5.56. The molecule has 0 saturated heterocycles. The van der Waals surface area contributed by atoms with Crippen LogP contribution in [-0.2, 0) is 17.3 Å². The van der Waals surface area contributed by atoms with Gasteiger partial charge >= 0.3 is 12.3 Å². The number of nitrogens with one attached hydrogen (secondary N) is 1. The van der Waals surface area contributed by atoms with Crippen molar-refractivity contribution in [2.24, 2.45) is 11.7 Å². The van der Waals surface area contributed by atoms with Gasteiger partial charge in [-0.15, -0.1) is 0 Å². The highest BCUT2D eigenvalue weighted by Crippen LogP contribution is 2.32. The summed E-state index contributed by atoms with van der Waals surface area (Å²) in [6.45, 7) is 4.81. The molecule has 0 fully saturated rings. The summed E-state index contributed by atoms with van der Waals surface area (Å²) in [5.41, 5.74) is 6.82. The van der Waals surface area contributed by atoms with Crippen LogP contribution in [0.25, 0.3) is 11.1 Å². The summed E-state index contributed by atoms with van der Waals surface area (Å²) in [6.07, 6.45) is -2.41. The number of halogens is 4. The van der Waals surface area contributed by atoms with Crippen LogP contribution in [0.15, 0.2) is 42.9 Å². The number of primary amides is 1. The quantitative estimate of drug-likeness (QED) is 0.390. The molecular formula is C24H26F4N6O2. The highest BCUT2D eigenvalue weighted by atomic mass is 19.4. The number of rotatable bonds is 9. The topological polar surface area (TPSA) is 116 Å². The smallest absolute Gasteiger partial charge is 0.433 e. The summed E-state index contributed by atoms with van der Waals surface area (Å²) in [4.78, 5) is 27.3. The molecule has 3 heterocycles. The Balaban J connectivity index is 1.73. The van der Waals surface area contributed by atoms with Gasteiger partial charge in [0, 0.05) is 35.8 Å². The first-order valence-electron chi connectivity index (χ1n) is 11.1. The minimum atomic E-state index is -4.54. The second-order valence-electron chi connectivity index (χ2n) is 8.36. The summed E-state index contributed by atoms with van der Waals surface area (Å²) in [5, 5.41) is 3.12. The van der Waals surface area contributed by atoms with E-state index >= 15 is 0 Å². The Kier molecular flexibility index (Phi) is 8.38. The van der Waals surface area contributed by atoms with E-state index < -0.39 is 30.1 Å². The van der Waals surface area contributed by atoms with Crippen molar-refractivity contribution in [3.63, 3.8) is 0 Å². The number of pyridine rings is 2. The molecule has 0 saturated carbocycles. The Morgan fingerprint density at radius 2 is 1.86 bits per heavy atom. The lowest BCUT2D eigenvalue weighted by Crippen LogP contribution is -2.26. The minimum Gasteiger partial charge on any atom is -0.449 e. The van der Waals surface area contributed by atoms with Crippen LogP contribution in [0.1, 0.15) is 42.5 Å². The number of nitrogens with zero attached hydrogens (tertiary/aromatic N) is 4. The number of hydrogen-bond donors (Lipinski definition) is 2. The third kappa shape index (κ3) is 7.09. The summed E-state index contributed by atoms with van der Waals surface area (Å²) < 4.78 is 57.8. The molecule has 0 aliphatic carbocycles. The summed E-state index contributed by atoms with van der Waals surface area (Å²) in [7, 11) is 0. The maximum atomic E-state index is 13.9. The molecule has 3 rings (SSSR count). The zero-order chi connectivity index (χ0) is 26.5. The Morgan fingerprint density at radius 3 is 2.50 bits per heavy atom. The average molecular weight is 507 g/mol. The van der Waals surface area contributed by atoms with Gasteiger partial charge in [0.15, 0.2) is 0 Å². The van der Waals surface area contributed by atoms with Gasteiger partial charge in [-0.05, 0) is 62.6 Å². The van der Waals surface area contributed by atoms with Crippen LogP contribution in [0.2, 0.25) is 0 Å². The molecule has 12 heteroatoms. The Morgan fingerprint density at radius 1 is 1.14 bits per heavy atom. The number of aromatic nitrogens is 4. The molecule has 0 bridgehead atoms. The van der Waals surface area contributed by atoms with Crippen molar-refractivity contribution in [3.05, 3.63) is 65.5 Å². The van der Waals surface area contributed by atoms with Gasteiger partial charge < -0.3 is 15.8 Å². The van der Waals surface area contributed by atoms with Gasteiger partial charge in [-0.1, -0.05) is 0 Å². The first-order chi connectivity index (χ1) is 16.9. The van der Waals surface area contributed by atoms with E-state index in [1.807, 2.05) is 6.92 Å². The van der Waals surface area contributed by atoms with E-state index in [2.05, 4.69) is 25.3 Å². The van der Waals surface area contributed by atoms with Crippen molar-refractivity contribution < 1.29 is 27.1 Å². The van der Waals surface area contributed by atoms with E-state index in [0.717, 1.165) is 17.8 Å². The van der Waals surface area contributed by atoms with E-state index in [-0.39, 0.29) is 25.0 Å². The van der Waals surface area contributed by atoms with Crippen LogP contribution in [0.3, 0.4) is 0 Å². The van der Waals surface area contributed by atoms with Crippen molar-refractivity contribution in [1.82, 2.24) is 19.9 Å². The number of amides is 1. The number of carbonyl (C=O) groups is 1. The molecule has 36 heavy (non-hydrogen) atoms. The molecule has 3 atom stereocenters. The monoisotopic (exact) mass is 506 g/mol. The Bertz CT molecular complexity index is 1210. The van der Waals surface area contributed by atoms with Crippen LogP contribution < -0.4 is 11.1 Å². The normalized spacial score (nSPS) is 14.1. The third-order valence-electron chi connectivity index (χ3n) is 5.56. The van der Waals surface area contributed by atoms with E-state index in [4.69, 9.17) is 10.5 Å². The van der Waals surface area contributed by atoms with Crippen molar-refractivity contribution in [2.75, 3.05) is 11.9 Å². The molecule has 8 nitrogen and oxygen atoms in total. The molecule has 3 aromatic rings. The number of carbonyl (C=O) groups excluding carboxylic acids is 1. The lowest BCUT2D eigenvalue weighted by molar-refractivity contribution is -0.141. The molecule has 0 aromatic carbocycles. The first-order valence-corrected chi connectivity index (χ1v) is 11.1. The van der Waals surface area contributed by atoms with E-state index in [1.165, 1.54) is 25.4 Å². The summed E-state index contributed by atoms with van der Waals surface area (Å²) >= 11 is 0. The van der Waals surface area contributed by atoms with Crippen LogP contribution >= 0.6 is 0 Å². The first kappa shape index (κ1) is 26.8. The molecule has 0 spiro atoms. The fourth-order valence-corrected chi connectivity index (χ4v) is 3.53. The highest BCUT2D eigenvalue weighted by Gasteiger charge is 2.32. The van der Waals surface area contributed by atoms with Crippen LogP contribution in [-0.4, -0.2) is 38.8 Å². The number of anilines is 1. The van der Waals surface area contributed by atoms with Gasteiger partial charge in [-0.2, -0.15) is 13.2 Å². The average Bonchev–Trinajstić information content (AvgIpc) is 2.81. The lowest BCUT2D eigenvalue weighted by atomic mass is 9.99.